The third kappa shape index (κ3) is 3.12. The number of hydrogen-bond acceptors (Lipinski definition) is 3. The maximum absolute atomic E-state index is 10.7. The van der Waals surface area contributed by atoms with Gasteiger partial charge in [0.1, 0.15) is 5.75 Å². The fraction of sp³-hybridized carbons (Fsp3) is 0.312. The van der Waals surface area contributed by atoms with Gasteiger partial charge in [-0.1, -0.05) is 23.8 Å². The van der Waals surface area contributed by atoms with E-state index in [1.807, 2.05) is 37.3 Å². The van der Waals surface area contributed by atoms with Crippen molar-refractivity contribution in [2.45, 2.75) is 25.9 Å². The molecule has 0 aliphatic rings. The van der Waals surface area contributed by atoms with Crippen LogP contribution in [-0.2, 0) is 12.0 Å². The zero-order valence-electron chi connectivity index (χ0n) is 11.6. The Labute approximate surface area is 113 Å². The van der Waals surface area contributed by atoms with E-state index < -0.39 is 5.60 Å². The smallest absolute Gasteiger partial charge is 0.122 e. The minimum atomic E-state index is -0.963. The molecule has 3 heteroatoms. The van der Waals surface area contributed by atoms with E-state index in [1.165, 1.54) is 0 Å². The molecule has 0 saturated heterocycles. The Morgan fingerprint density at radius 1 is 1.32 bits per heavy atom. The highest BCUT2D eigenvalue weighted by molar-refractivity contribution is 5.38. The second-order valence-corrected chi connectivity index (χ2v) is 5.01. The third-order valence-corrected chi connectivity index (χ3v) is 3.25. The summed E-state index contributed by atoms with van der Waals surface area (Å²) in [6.07, 6.45) is 3.89. The van der Waals surface area contributed by atoms with Gasteiger partial charge < -0.3 is 9.84 Å². The molecule has 1 aromatic heterocycles. The van der Waals surface area contributed by atoms with E-state index in [2.05, 4.69) is 4.98 Å². The van der Waals surface area contributed by atoms with E-state index in [0.29, 0.717) is 6.42 Å². The summed E-state index contributed by atoms with van der Waals surface area (Å²) in [7, 11) is 1.65. The summed E-state index contributed by atoms with van der Waals surface area (Å²) < 4.78 is 5.36. The number of rotatable bonds is 4. The first kappa shape index (κ1) is 13.6. The Morgan fingerprint density at radius 2 is 2.11 bits per heavy atom. The molecule has 19 heavy (non-hydrogen) atoms. The normalized spacial score (nSPS) is 13.9. The van der Waals surface area contributed by atoms with Gasteiger partial charge in [-0.3, -0.25) is 4.98 Å². The van der Waals surface area contributed by atoms with E-state index in [4.69, 9.17) is 4.74 Å². The number of benzene rings is 1. The van der Waals surface area contributed by atoms with Crippen LogP contribution in [0.25, 0.3) is 0 Å². The van der Waals surface area contributed by atoms with Gasteiger partial charge in [-0.15, -0.1) is 0 Å². The van der Waals surface area contributed by atoms with Gasteiger partial charge in [-0.25, -0.2) is 0 Å². The Bertz CT molecular complexity index is 550. The van der Waals surface area contributed by atoms with Crippen molar-refractivity contribution in [1.29, 1.82) is 0 Å². The fourth-order valence-corrected chi connectivity index (χ4v) is 2.20. The number of hydrogen-bond donors (Lipinski definition) is 1. The first-order valence-corrected chi connectivity index (χ1v) is 6.29. The molecule has 0 bridgehead atoms. The van der Waals surface area contributed by atoms with Gasteiger partial charge in [0.2, 0.25) is 0 Å². The first-order valence-electron chi connectivity index (χ1n) is 6.29. The zero-order valence-corrected chi connectivity index (χ0v) is 11.6. The van der Waals surface area contributed by atoms with E-state index in [0.717, 1.165) is 22.4 Å². The summed E-state index contributed by atoms with van der Waals surface area (Å²) in [6.45, 7) is 3.83. The second-order valence-electron chi connectivity index (χ2n) is 5.01. The summed E-state index contributed by atoms with van der Waals surface area (Å²) >= 11 is 0. The molecular weight excluding hydrogens is 238 g/mol. The molecule has 0 radical (unpaired) electrons. The highest BCUT2D eigenvalue weighted by Crippen LogP contribution is 2.29. The van der Waals surface area contributed by atoms with Crippen molar-refractivity contribution in [3.63, 3.8) is 0 Å². The molecule has 0 amide bonds. The Morgan fingerprint density at radius 3 is 2.74 bits per heavy atom. The van der Waals surface area contributed by atoms with Crippen molar-refractivity contribution in [1.82, 2.24) is 4.98 Å². The lowest BCUT2D eigenvalue weighted by Crippen LogP contribution is -2.24. The van der Waals surface area contributed by atoms with Gasteiger partial charge >= 0.3 is 0 Å². The molecule has 1 unspecified atom stereocenters. The van der Waals surface area contributed by atoms with E-state index in [-0.39, 0.29) is 0 Å². The molecule has 0 fully saturated rings. The van der Waals surface area contributed by atoms with Gasteiger partial charge in [0.05, 0.1) is 12.7 Å². The molecule has 100 valence electrons. The van der Waals surface area contributed by atoms with E-state index >= 15 is 0 Å². The average molecular weight is 257 g/mol. The topological polar surface area (TPSA) is 42.4 Å². The van der Waals surface area contributed by atoms with Gasteiger partial charge in [-0.2, -0.15) is 0 Å². The van der Waals surface area contributed by atoms with Gasteiger partial charge in [-0.05, 0) is 31.5 Å². The molecule has 1 aromatic carbocycles. The highest BCUT2D eigenvalue weighted by Gasteiger charge is 2.25. The van der Waals surface area contributed by atoms with Gasteiger partial charge in [0, 0.05) is 24.4 Å². The van der Waals surface area contributed by atoms with Crippen LogP contribution in [-0.4, -0.2) is 17.2 Å². The van der Waals surface area contributed by atoms with Crippen LogP contribution in [0.5, 0.6) is 5.75 Å². The van der Waals surface area contributed by atoms with Gasteiger partial charge in [0.25, 0.3) is 0 Å². The Kier molecular flexibility index (Phi) is 3.86. The molecule has 0 aliphatic carbocycles. The summed E-state index contributed by atoms with van der Waals surface area (Å²) in [6, 6.07) is 9.70. The van der Waals surface area contributed by atoms with Crippen molar-refractivity contribution in [2.24, 2.45) is 0 Å². The Balaban J connectivity index is 2.32. The number of pyridine rings is 1. The van der Waals surface area contributed by atoms with Crippen molar-refractivity contribution in [3.8, 4) is 5.75 Å². The predicted octanol–water partition coefficient (Wildman–Crippen LogP) is 2.85. The zero-order chi connectivity index (χ0) is 13.9. The standard InChI is InChI=1S/C16H19NO2/c1-12-6-7-15(19-3)13(9-12)10-16(2,18)14-5-4-8-17-11-14/h4-9,11,18H,10H2,1-3H3. The maximum atomic E-state index is 10.7. The van der Waals surface area contributed by atoms with Crippen LogP contribution in [0.15, 0.2) is 42.7 Å². The molecule has 0 saturated carbocycles. The lowest BCUT2D eigenvalue weighted by atomic mass is 9.89. The molecule has 2 rings (SSSR count). The van der Waals surface area contributed by atoms with Crippen LogP contribution in [0.2, 0.25) is 0 Å². The van der Waals surface area contributed by atoms with Crippen molar-refractivity contribution >= 4 is 0 Å². The largest absolute Gasteiger partial charge is 0.496 e. The molecule has 0 aliphatic heterocycles. The predicted molar refractivity (Wildman–Crippen MR) is 75.2 cm³/mol. The number of methoxy groups -OCH3 is 1. The van der Waals surface area contributed by atoms with Crippen molar-refractivity contribution in [3.05, 3.63) is 59.4 Å². The molecule has 1 N–H and O–H groups in total. The summed E-state index contributed by atoms with van der Waals surface area (Å²) in [5.74, 6) is 0.801. The molecule has 3 nitrogen and oxygen atoms in total. The van der Waals surface area contributed by atoms with Crippen LogP contribution < -0.4 is 4.74 Å². The first-order chi connectivity index (χ1) is 9.03. The number of ether oxygens (including phenoxy) is 1. The SMILES string of the molecule is COc1ccc(C)cc1CC(C)(O)c1cccnc1. The summed E-state index contributed by atoms with van der Waals surface area (Å²) in [4.78, 5) is 4.06. The molecule has 0 spiro atoms. The maximum Gasteiger partial charge on any atom is 0.122 e. The van der Waals surface area contributed by atoms with Gasteiger partial charge in [0.15, 0.2) is 0 Å². The molecular formula is C16H19NO2. The van der Waals surface area contributed by atoms with Crippen LogP contribution in [0, 0.1) is 6.92 Å². The molecule has 1 heterocycles. The molecule has 2 aromatic rings. The van der Waals surface area contributed by atoms with E-state index in [9.17, 15) is 5.11 Å². The third-order valence-electron chi connectivity index (χ3n) is 3.25. The number of nitrogens with zero attached hydrogens (tertiary/aromatic N) is 1. The summed E-state index contributed by atoms with van der Waals surface area (Å²) in [5.41, 5.74) is 1.99. The number of aliphatic hydroxyl groups is 1. The Hall–Kier alpha value is -1.87. The molecule has 1 atom stereocenters. The van der Waals surface area contributed by atoms with Crippen LogP contribution in [0.3, 0.4) is 0 Å². The number of aryl methyl sites for hydroxylation is 1. The van der Waals surface area contributed by atoms with Crippen molar-refractivity contribution < 1.29 is 9.84 Å². The minimum absolute atomic E-state index is 0.490. The van der Waals surface area contributed by atoms with Crippen LogP contribution in [0.1, 0.15) is 23.6 Å². The lowest BCUT2D eigenvalue weighted by Gasteiger charge is -2.24. The average Bonchev–Trinajstić information content (AvgIpc) is 2.39. The lowest BCUT2D eigenvalue weighted by molar-refractivity contribution is 0.0566. The van der Waals surface area contributed by atoms with Crippen LogP contribution in [0.4, 0.5) is 0 Å². The van der Waals surface area contributed by atoms with Crippen molar-refractivity contribution in [2.75, 3.05) is 7.11 Å². The highest BCUT2D eigenvalue weighted by atomic mass is 16.5. The monoisotopic (exact) mass is 257 g/mol. The van der Waals surface area contributed by atoms with Crippen LogP contribution >= 0.6 is 0 Å². The minimum Gasteiger partial charge on any atom is -0.496 e. The second kappa shape index (κ2) is 5.41. The fourth-order valence-electron chi connectivity index (χ4n) is 2.20. The quantitative estimate of drug-likeness (QED) is 0.915. The van der Waals surface area contributed by atoms with E-state index in [1.54, 1.807) is 26.4 Å². The summed E-state index contributed by atoms with van der Waals surface area (Å²) in [5, 5.41) is 10.7. The number of aromatic nitrogens is 1.